The molecular formula is C23H26N6O. The molecule has 7 nitrogen and oxygen atoms in total. The van der Waals surface area contributed by atoms with Gasteiger partial charge in [-0.25, -0.2) is 9.97 Å². The van der Waals surface area contributed by atoms with Gasteiger partial charge in [-0.15, -0.1) is 0 Å². The zero-order chi connectivity index (χ0) is 21.5. The van der Waals surface area contributed by atoms with Crippen molar-refractivity contribution in [1.82, 2.24) is 9.97 Å². The van der Waals surface area contributed by atoms with E-state index in [-0.39, 0.29) is 11.9 Å². The molecule has 0 bridgehead atoms. The Kier molecular flexibility index (Phi) is 6.75. The lowest BCUT2D eigenvalue weighted by Crippen LogP contribution is -2.24. The third-order valence-corrected chi connectivity index (χ3v) is 4.42. The lowest BCUT2D eigenvalue weighted by molar-refractivity contribution is -0.114. The predicted octanol–water partition coefficient (Wildman–Crippen LogP) is 3.69. The third-order valence-electron chi connectivity index (χ3n) is 4.42. The predicted molar refractivity (Wildman–Crippen MR) is 122 cm³/mol. The van der Waals surface area contributed by atoms with Crippen LogP contribution in [0.25, 0.3) is 11.1 Å². The molecule has 2 aromatic carbocycles. The molecule has 0 radical (unpaired) electrons. The van der Waals surface area contributed by atoms with Crippen LogP contribution in [-0.2, 0) is 11.2 Å². The molecule has 7 heteroatoms. The van der Waals surface area contributed by atoms with Gasteiger partial charge in [0.05, 0.1) is 0 Å². The van der Waals surface area contributed by atoms with E-state index in [1.165, 1.54) is 12.5 Å². The summed E-state index contributed by atoms with van der Waals surface area (Å²) in [5, 5.41) is 5.73. The van der Waals surface area contributed by atoms with E-state index in [1.54, 1.807) is 0 Å². The van der Waals surface area contributed by atoms with Crippen LogP contribution in [0.5, 0.6) is 0 Å². The van der Waals surface area contributed by atoms with Gasteiger partial charge in [0.25, 0.3) is 0 Å². The van der Waals surface area contributed by atoms with Gasteiger partial charge in [-0.2, -0.15) is 0 Å². The fraction of sp³-hybridized carbons (Fsp3) is 0.217. The number of rotatable bonds is 6. The average molecular weight is 403 g/mol. The number of amides is 1. The molecule has 154 valence electrons. The zero-order valence-corrected chi connectivity index (χ0v) is 17.4. The molecule has 0 saturated heterocycles. The van der Waals surface area contributed by atoms with Gasteiger partial charge in [0.15, 0.2) is 5.96 Å². The number of nitrogens with one attached hydrogen (secondary N) is 2. The first kappa shape index (κ1) is 21.0. The molecule has 0 atom stereocenters. The van der Waals surface area contributed by atoms with Crippen molar-refractivity contribution in [3.05, 3.63) is 71.5 Å². The van der Waals surface area contributed by atoms with Gasteiger partial charge < -0.3 is 11.1 Å². The van der Waals surface area contributed by atoms with E-state index < -0.39 is 0 Å². The molecule has 30 heavy (non-hydrogen) atoms. The molecule has 1 heterocycles. The molecule has 0 aliphatic rings. The quantitative estimate of drug-likeness (QED) is 0.431. The number of hydrogen-bond donors (Lipinski definition) is 3. The molecule has 4 N–H and O–H groups in total. The Labute approximate surface area is 176 Å². The summed E-state index contributed by atoms with van der Waals surface area (Å²) >= 11 is 0. The van der Waals surface area contributed by atoms with Crippen LogP contribution in [0.15, 0.2) is 59.6 Å². The molecule has 0 unspecified atom stereocenters. The van der Waals surface area contributed by atoms with Gasteiger partial charge in [0.1, 0.15) is 0 Å². The Balaban J connectivity index is 1.67. The highest BCUT2D eigenvalue weighted by atomic mass is 16.1. The highest BCUT2D eigenvalue weighted by molar-refractivity contribution is 5.90. The van der Waals surface area contributed by atoms with Gasteiger partial charge >= 0.3 is 0 Å². The number of anilines is 2. The first-order valence-corrected chi connectivity index (χ1v) is 9.76. The van der Waals surface area contributed by atoms with E-state index in [0.717, 1.165) is 34.6 Å². The van der Waals surface area contributed by atoms with E-state index in [2.05, 4.69) is 37.7 Å². The van der Waals surface area contributed by atoms with Crippen LogP contribution in [-0.4, -0.2) is 28.4 Å². The Bertz CT molecular complexity index is 1040. The minimum Gasteiger partial charge on any atom is -0.370 e. The lowest BCUT2D eigenvalue weighted by Gasteiger charge is -2.10. The first-order valence-electron chi connectivity index (χ1n) is 9.76. The second-order valence-corrected chi connectivity index (χ2v) is 7.03. The minimum atomic E-state index is -0.0848. The van der Waals surface area contributed by atoms with Crippen LogP contribution >= 0.6 is 0 Å². The maximum Gasteiger partial charge on any atom is 0.229 e. The first-order chi connectivity index (χ1) is 14.4. The van der Waals surface area contributed by atoms with Gasteiger partial charge in [0.2, 0.25) is 11.9 Å². The number of carbonyl (C=O) groups is 1. The van der Waals surface area contributed by atoms with Crippen LogP contribution in [0.3, 0.4) is 0 Å². The van der Waals surface area contributed by atoms with Gasteiger partial charge in [-0.3, -0.25) is 15.1 Å². The summed E-state index contributed by atoms with van der Waals surface area (Å²) in [6, 6.07) is 17.9. The molecular weight excluding hydrogens is 376 g/mol. The van der Waals surface area contributed by atoms with Crippen LogP contribution in [0, 0.1) is 13.8 Å². The van der Waals surface area contributed by atoms with Gasteiger partial charge in [0, 0.05) is 30.5 Å². The number of nitrogens with two attached hydrogens (primary N) is 1. The lowest BCUT2D eigenvalue weighted by atomic mass is 9.97. The molecule has 1 aromatic heterocycles. The number of carbonyl (C=O) groups excluding carboxylic acids is 1. The van der Waals surface area contributed by atoms with Crippen LogP contribution in [0.1, 0.15) is 23.9 Å². The van der Waals surface area contributed by atoms with Crippen molar-refractivity contribution in [3.63, 3.8) is 0 Å². The van der Waals surface area contributed by atoms with Crippen molar-refractivity contribution < 1.29 is 4.79 Å². The van der Waals surface area contributed by atoms with Crippen LogP contribution in [0.2, 0.25) is 0 Å². The molecule has 0 fully saturated rings. The van der Waals surface area contributed by atoms with Crippen molar-refractivity contribution in [1.29, 1.82) is 0 Å². The second kappa shape index (κ2) is 9.65. The number of benzene rings is 2. The van der Waals surface area contributed by atoms with Crippen molar-refractivity contribution in [3.8, 4) is 11.1 Å². The Morgan fingerprint density at radius 2 is 1.67 bits per heavy atom. The largest absolute Gasteiger partial charge is 0.370 e. The van der Waals surface area contributed by atoms with E-state index in [4.69, 9.17) is 5.73 Å². The van der Waals surface area contributed by atoms with Gasteiger partial charge in [-0.1, -0.05) is 36.4 Å². The van der Waals surface area contributed by atoms with Crippen molar-refractivity contribution in [2.24, 2.45) is 10.7 Å². The standard InChI is InChI=1S/C23H26N6O/c1-15-14-16(2)27-23(26-15)29-22(24)25-13-12-18-6-4-5-7-21(18)19-8-10-20(11-9-19)28-17(3)30/h4-11,14H,12-13H2,1-3H3,(H,28,30)(H3,24,25,26,27,29). The normalized spacial score (nSPS) is 11.2. The minimum absolute atomic E-state index is 0.0848. The fourth-order valence-electron chi connectivity index (χ4n) is 3.19. The molecule has 0 spiro atoms. The number of aromatic nitrogens is 2. The number of nitrogens with zero attached hydrogens (tertiary/aromatic N) is 3. The second-order valence-electron chi connectivity index (χ2n) is 7.03. The molecule has 0 aliphatic carbocycles. The molecule has 0 aliphatic heterocycles. The third kappa shape index (κ3) is 5.88. The number of aliphatic imine (C=N–C) groups is 1. The highest BCUT2D eigenvalue weighted by Gasteiger charge is 2.06. The Morgan fingerprint density at radius 1 is 1.00 bits per heavy atom. The van der Waals surface area contributed by atoms with Crippen molar-refractivity contribution in [2.75, 3.05) is 17.2 Å². The van der Waals surface area contributed by atoms with Crippen LogP contribution < -0.4 is 16.4 Å². The zero-order valence-electron chi connectivity index (χ0n) is 17.4. The summed E-state index contributed by atoms with van der Waals surface area (Å²) in [7, 11) is 0. The smallest absolute Gasteiger partial charge is 0.229 e. The molecule has 0 saturated carbocycles. The van der Waals surface area contributed by atoms with Crippen LogP contribution in [0.4, 0.5) is 11.6 Å². The van der Waals surface area contributed by atoms with E-state index in [9.17, 15) is 4.79 Å². The number of guanidine groups is 1. The van der Waals surface area contributed by atoms with E-state index in [0.29, 0.717) is 12.5 Å². The maximum atomic E-state index is 11.2. The van der Waals surface area contributed by atoms with E-state index in [1.807, 2.05) is 56.3 Å². The maximum absolute atomic E-state index is 11.2. The Morgan fingerprint density at radius 3 is 2.33 bits per heavy atom. The summed E-state index contributed by atoms with van der Waals surface area (Å²) in [6.07, 6.45) is 0.736. The summed E-state index contributed by atoms with van der Waals surface area (Å²) in [5.74, 6) is 0.656. The van der Waals surface area contributed by atoms with E-state index >= 15 is 0 Å². The Hall–Kier alpha value is -3.74. The van der Waals surface area contributed by atoms with Crippen molar-refractivity contribution in [2.45, 2.75) is 27.2 Å². The molecule has 3 aromatic rings. The number of hydrogen-bond acceptors (Lipinski definition) is 4. The van der Waals surface area contributed by atoms with Gasteiger partial charge in [-0.05, 0) is 55.2 Å². The number of aryl methyl sites for hydroxylation is 2. The molecule has 3 rings (SSSR count). The summed E-state index contributed by atoms with van der Waals surface area (Å²) < 4.78 is 0. The summed E-state index contributed by atoms with van der Waals surface area (Å²) in [4.78, 5) is 24.2. The summed E-state index contributed by atoms with van der Waals surface area (Å²) in [6.45, 7) is 5.85. The van der Waals surface area contributed by atoms with Crippen molar-refractivity contribution >= 4 is 23.5 Å². The highest BCUT2D eigenvalue weighted by Crippen LogP contribution is 2.25. The summed E-state index contributed by atoms with van der Waals surface area (Å²) in [5.41, 5.74) is 11.9. The average Bonchev–Trinajstić information content (AvgIpc) is 2.68. The topological polar surface area (TPSA) is 105 Å². The molecule has 1 amide bonds. The SMILES string of the molecule is CC(=O)Nc1ccc(-c2ccccc2CCN=C(N)Nc2nc(C)cc(C)n2)cc1. The monoisotopic (exact) mass is 402 g/mol. The fourth-order valence-corrected chi connectivity index (χ4v) is 3.19.